The molecule has 3 nitrogen and oxygen atoms in total. The van der Waals surface area contributed by atoms with Crippen molar-refractivity contribution in [3.63, 3.8) is 0 Å². The minimum absolute atomic E-state index is 0.0383. The van der Waals surface area contributed by atoms with Crippen molar-refractivity contribution < 1.29 is 4.74 Å². The topological polar surface area (TPSA) is 48.1 Å². The number of aromatic nitrogens is 1. The molecule has 2 aromatic rings. The van der Waals surface area contributed by atoms with Crippen molar-refractivity contribution in [1.82, 2.24) is 4.98 Å². The molecule has 0 unspecified atom stereocenters. The van der Waals surface area contributed by atoms with E-state index in [2.05, 4.69) is 18.0 Å². The van der Waals surface area contributed by atoms with Gasteiger partial charge in [0.25, 0.3) is 0 Å². The molecular formula is C15H18N2O. The molecule has 0 aliphatic rings. The number of nitrogens with two attached hydrogens (primary N) is 1. The molecule has 3 heteroatoms. The Morgan fingerprint density at radius 3 is 2.78 bits per heavy atom. The number of hydrogen-bond donors (Lipinski definition) is 1. The smallest absolute Gasteiger partial charge is 0.130 e. The van der Waals surface area contributed by atoms with Crippen LogP contribution >= 0.6 is 0 Å². The van der Waals surface area contributed by atoms with Crippen molar-refractivity contribution in [3.05, 3.63) is 59.4 Å². The molecule has 0 amide bonds. The van der Waals surface area contributed by atoms with Crippen LogP contribution in [0.2, 0.25) is 0 Å². The molecule has 94 valence electrons. The molecule has 0 fully saturated rings. The molecule has 0 aliphatic heterocycles. The van der Waals surface area contributed by atoms with Gasteiger partial charge in [-0.25, -0.2) is 0 Å². The van der Waals surface area contributed by atoms with E-state index in [1.54, 1.807) is 6.20 Å². The highest BCUT2D eigenvalue weighted by atomic mass is 16.5. The minimum atomic E-state index is -0.0383. The molecular weight excluding hydrogens is 224 g/mol. The third-order valence-corrected chi connectivity index (χ3v) is 2.76. The van der Waals surface area contributed by atoms with Gasteiger partial charge in [-0.2, -0.15) is 0 Å². The maximum absolute atomic E-state index is 5.96. The number of pyridine rings is 1. The molecule has 1 atom stereocenters. The van der Waals surface area contributed by atoms with E-state index in [0.717, 1.165) is 17.0 Å². The summed E-state index contributed by atoms with van der Waals surface area (Å²) in [5.74, 6) is 0.834. The van der Waals surface area contributed by atoms with Crippen LogP contribution in [0, 0.1) is 6.92 Å². The lowest BCUT2D eigenvalue weighted by atomic mass is 10.1. The van der Waals surface area contributed by atoms with Gasteiger partial charge >= 0.3 is 0 Å². The zero-order chi connectivity index (χ0) is 13.0. The standard InChI is InChI=1S/C15H18N2O/c1-11-6-7-15(14(9-11)12(2)16)18-10-13-5-3-4-8-17-13/h3-9,12H,10,16H2,1-2H3/t12-/m0/s1. The SMILES string of the molecule is Cc1ccc(OCc2ccccn2)c([C@H](C)N)c1. The Hall–Kier alpha value is -1.87. The normalized spacial score (nSPS) is 12.2. The van der Waals surface area contributed by atoms with E-state index in [4.69, 9.17) is 10.5 Å². The Bertz CT molecular complexity index is 509. The summed E-state index contributed by atoms with van der Waals surface area (Å²) in [5, 5.41) is 0. The van der Waals surface area contributed by atoms with Crippen molar-refractivity contribution in [3.8, 4) is 5.75 Å². The molecule has 2 N–H and O–H groups in total. The van der Waals surface area contributed by atoms with Crippen LogP contribution in [0.1, 0.15) is 29.8 Å². The number of benzene rings is 1. The highest BCUT2D eigenvalue weighted by Gasteiger charge is 2.08. The summed E-state index contributed by atoms with van der Waals surface area (Å²) in [6.07, 6.45) is 1.76. The van der Waals surface area contributed by atoms with E-state index in [9.17, 15) is 0 Å². The Balaban J connectivity index is 2.14. The first-order valence-electron chi connectivity index (χ1n) is 6.05. The number of rotatable bonds is 4. The molecule has 0 aliphatic carbocycles. The second-order valence-corrected chi connectivity index (χ2v) is 4.44. The van der Waals surface area contributed by atoms with Gasteiger partial charge in [-0.15, -0.1) is 0 Å². The molecule has 0 saturated carbocycles. The minimum Gasteiger partial charge on any atom is -0.487 e. The average Bonchev–Trinajstić information content (AvgIpc) is 2.38. The van der Waals surface area contributed by atoms with E-state index >= 15 is 0 Å². The van der Waals surface area contributed by atoms with Crippen molar-refractivity contribution in [2.24, 2.45) is 5.73 Å². The van der Waals surface area contributed by atoms with Crippen LogP contribution in [0.15, 0.2) is 42.6 Å². The number of ether oxygens (including phenoxy) is 1. The zero-order valence-corrected chi connectivity index (χ0v) is 10.8. The van der Waals surface area contributed by atoms with Crippen LogP contribution in [-0.4, -0.2) is 4.98 Å². The number of hydrogen-bond acceptors (Lipinski definition) is 3. The monoisotopic (exact) mass is 242 g/mol. The van der Waals surface area contributed by atoms with Gasteiger partial charge < -0.3 is 10.5 Å². The maximum Gasteiger partial charge on any atom is 0.130 e. The molecule has 1 heterocycles. The van der Waals surface area contributed by atoms with Crippen LogP contribution < -0.4 is 10.5 Å². The first kappa shape index (κ1) is 12.6. The van der Waals surface area contributed by atoms with Gasteiger partial charge in [0.1, 0.15) is 12.4 Å². The van der Waals surface area contributed by atoms with E-state index in [1.807, 2.05) is 37.3 Å². The number of nitrogens with zero attached hydrogens (tertiary/aromatic N) is 1. The van der Waals surface area contributed by atoms with Crippen LogP contribution in [0.25, 0.3) is 0 Å². The van der Waals surface area contributed by atoms with E-state index in [-0.39, 0.29) is 6.04 Å². The summed E-state index contributed by atoms with van der Waals surface area (Å²) in [7, 11) is 0. The fourth-order valence-corrected chi connectivity index (χ4v) is 1.79. The lowest BCUT2D eigenvalue weighted by molar-refractivity contribution is 0.296. The Morgan fingerprint density at radius 1 is 1.28 bits per heavy atom. The lowest BCUT2D eigenvalue weighted by Gasteiger charge is -2.14. The fourth-order valence-electron chi connectivity index (χ4n) is 1.79. The highest BCUT2D eigenvalue weighted by Crippen LogP contribution is 2.25. The number of aryl methyl sites for hydroxylation is 1. The van der Waals surface area contributed by atoms with Gasteiger partial charge in [0, 0.05) is 17.8 Å². The summed E-state index contributed by atoms with van der Waals surface area (Å²) in [4.78, 5) is 4.23. The largest absolute Gasteiger partial charge is 0.487 e. The molecule has 18 heavy (non-hydrogen) atoms. The molecule has 0 bridgehead atoms. The summed E-state index contributed by atoms with van der Waals surface area (Å²) in [6.45, 7) is 4.47. The predicted octanol–water partition coefficient (Wildman–Crippen LogP) is 2.99. The molecule has 0 radical (unpaired) electrons. The first-order valence-corrected chi connectivity index (χ1v) is 6.05. The lowest BCUT2D eigenvalue weighted by Crippen LogP contribution is -2.08. The van der Waals surface area contributed by atoms with E-state index < -0.39 is 0 Å². The van der Waals surface area contributed by atoms with Gasteiger partial charge in [-0.05, 0) is 32.0 Å². The van der Waals surface area contributed by atoms with Crippen molar-refractivity contribution in [2.45, 2.75) is 26.5 Å². The first-order chi connectivity index (χ1) is 8.66. The Kier molecular flexibility index (Phi) is 3.95. The fraction of sp³-hybridized carbons (Fsp3) is 0.267. The molecule has 1 aromatic heterocycles. The second kappa shape index (κ2) is 5.65. The quantitative estimate of drug-likeness (QED) is 0.896. The Morgan fingerprint density at radius 2 is 2.11 bits per heavy atom. The van der Waals surface area contributed by atoms with Gasteiger partial charge in [0.2, 0.25) is 0 Å². The van der Waals surface area contributed by atoms with Crippen LogP contribution in [0.4, 0.5) is 0 Å². The van der Waals surface area contributed by atoms with Crippen LogP contribution in [-0.2, 0) is 6.61 Å². The van der Waals surface area contributed by atoms with Crippen molar-refractivity contribution >= 4 is 0 Å². The molecule has 0 spiro atoms. The van der Waals surface area contributed by atoms with E-state index in [0.29, 0.717) is 6.61 Å². The van der Waals surface area contributed by atoms with E-state index in [1.165, 1.54) is 5.56 Å². The summed E-state index contributed by atoms with van der Waals surface area (Å²) < 4.78 is 5.80. The summed E-state index contributed by atoms with van der Waals surface area (Å²) in [5.41, 5.74) is 9.09. The van der Waals surface area contributed by atoms with Crippen LogP contribution in [0.5, 0.6) is 5.75 Å². The predicted molar refractivity (Wildman–Crippen MR) is 72.4 cm³/mol. The zero-order valence-electron chi connectivity index (χ0n) is 10.8. The van der Waals surface area contributed by atoms with Crippen molar-refractivity contribution in [2.75, 3.05) is 0 Å². The maximum atomic E-state index is 5.96. The average molecular weight is 242 g/mol. The summed E-state index contributed by atoms with van der Waals surface area (Å²) in [6, 6.07) is 11.8. The molecule has 0 saturated heterocycles. The highest BCUT2D eigenvalue weighted by molar-refractivity contribution is 5.38. The molecule has 2 rings (SSSR count). The third kappa shape index (κ3) is 3.08. The Labute approximate surface area is 108 Å². The van der Waals surface area contributed by atoms with Gasteiger partial charge in [-0.3, -0.25) is 4.98 Å². The summed E-state index contributed by atoms with van der Waals surface area (Å²) >= 11 is 0. The van der Waals surface area contributed by atoms with Crippen molar-refractivity contribution in [1.29, 1.82) is 0 Å². The van der Waals surface area contributed by atoms with Gasteiger partial charge in [-0.1, -0.05) is 23.8 Å². The molecule has 1 aromatic carbocycles. The second-order valence-electron chi connectivity index (χ2n) is 4.44. The van der Waals surface area contributed by atoms with Crippen LogP contribution in [0.3, 0.4) is 0 Å². The van der Waals surface area contributed by atoms with Gasteiger partial charge in [0.05, 0.1) is 5.69 Å². The third-order valence-electron chi connectivity index (χ3n) is 2.76. The van der Waals surface area contributed by atoms with Gasteiger partial charge in [0.15, 0.2) is 0 Å².